The van der Waals surface area contributed by atoms with Crippen molar-refractivity contribution in [1.82, 2.24) is 25.1 Å². The minimum absolute atomic E-state index is 0.0671. The van der Waals surface area contributed by atoms with E-state index in [1.165, 1.54) is 12.1 Å². The van der Waals surface area contributed by atoms with Crippen molar-refractivity contribution in [3.8, 4) is 6.07 Å². The second kappa shape index (κ2) is 15.9. The first-order chi connectivity index (χ1) is 20.1. The highest BCUT2D eigenvalue weighted by molar-refractivity contribution is 7.80. The number of carbonyl (C=O) groups is 1. The third-order valence-electron chi connectivity index (χ3n) is 6.39. The van der Waals surface area contributed by atoms with Gasteiger partial charge in [-0.15, -0.1) is 0 Å². The topological polar surface area (TPSA) is 95.2 Å². The highest BCUT2D eigenvalue weighted by Crippen LogP contribution is 2.32. The van der Waals surface area contributed by atoms with E-state index in [0.29, 0.717) is 49.1 Å². The van der Waals surface area contributed by atoms with Crippen LogP contribution in [0.3, 0.4) is 0 Å². The molecule has 0 aliphatic carbocycles. The second-order valence-electron chi connectivity index (χ2n) is 9.78. The van der Waals surface area contributed by atoms with Gasteiger partial charge in [0.1, 0.15) is 0 Å². The second-order valence-corrected chi connectivity index (χ2v) is 10.2. The fraction of sp³-hybridized carbons (Fsp3) is 0.400. The Bertz CT molecular complexity index is 1350. The van der Waals surface area contributed by atoms with Gasteiger partial charge in [0.05, 0.1) is 29.9 Å². The zero-order chi connectivity index (χ0) is 30.5. The molecule has 0 fully saturated rings. The number of carbonyl (C=O) groups excluding carboxylic acids is 1. The Morgan fingerprint density at radius 2 is 1.95 bits per heavy atom. The molecule has 1 aromatic heterocycles. The number of ether oxygens (including phenoxy) is 1. The number of aromatic nitrogens is 2. The Morgan fingerprint density at radius 1 is 1.21 bits per heavy atom. The van der Waals surface area contributed by atoms with Gasteiger partial charge in [0.25, 0.3) is 0 Å². The van der Waals surface area contributed by atoms with Crippen molar-refractivity contribution in [3.05, 3.63) is 89.0 Å². The Balaban J connectivity index is 1.65. The molecule has 0 radical (unpaired) electrons. The number of halogens is 3. The fourth-order valence-electron chi connectivity index (χ4n) is 4.37. The van der Waals surface area contributed by atoms with Gasteiger partial charge in [-0.2, -0.15) is 18.4 Å². The lowest BCUT2D eigenvalue weighted by atomic mass is 10.1. The first-order valence-corrected chi connectivity index (χ1v) is 14.0. The Labute approximate surface area is 249 Å². The summed E-state index contributed by atoms with van der Waals surface area (Å²) < 4.78 is 48.2. The molecule has 1 atom stereocenters. The van der Waals surface area contributed by atoms with Gasteiger partial charge in [0.15, 0.2) is 5.11 Å². The van der Waals surface area contributed by atoms with Crippen LogP contribution in [0.4, 0.5) is 13.2 Å². The van der Waals surface area contributed by atoms with E-state index < -0.39 is 17.8 Å². The molecule has 224 valence electrons. The number of hydrogen-bond acceptors (Lipinski definition) is 5. The van der Waals surface area contributed by atoms with Gasteiger partial charge >= 0.3 is 6.18 Å². The molecule has 0 unspecified atom stereocenters. The van der Waals surface area contributed by atoms with E-state index in [1.807, 2.05) is 23.6 Å². The average molecular weight is 601 g/mol. The Kier molecular flexibility index (Phi) is 12.3. The number of nitrogens with one attached hydrogen (secondary N) is 2. The number of imidazole rings is 1. The number of nitrogens with zero attached hydrogens (tertiary/aromatic N) is 4. The molecule has 8 nitrogen and oxygen atoms in total. The largest absolute Gasteiger partial charge is 0.416 e. The number of hydrogen-bond donors (Lipinski definition) is 2. The number of alkyl halides is 3. The molecule has 0 bridgehead atoms. The summed E-state index contributed by atoms with van der Waals surface area (Å²) in [6.45, 7) is 5.92. The van der Waals surface area contributed by atoms with Crippen LogP contribution < -0.4 is 10.6 Å². The lowest BCUT2D eigenvalue weighted by molar-refractivity contribution is -0.138. The molecule has 0 spiro atoms. The number of nitriles is 1. The Morgan fingerprint density at radius 3 is 2.64 bits per heavy atom. The van der Waals surface area contributed by atoms with Crippen molar-refractivity contribution in [1.29, 1.82) is 5.26 Å². The van der Waals surface area contributed by atoms with Crippen LogP contribution in [0.1, 0.15) is 48.2 Å². The van der Waals surface area contributed by atoms with Crippen molar-refractivity contribution >= 4 is 23.2 Å². The highest BCUT2D eigenvalue weighted by Gasteiger charge is 2.33. The predicted molar refractivity (Wildman–Crippen MR) is 157 cm³/mol. The molecular formula is C30H35F3N6O2S. The molecule has 1 heterocycles. The maximum absolute atomic E-state index is 13.7. The first kappa shape index (κ1) is 32.6. The van der Waals surface area contributed by atoms with Gasteiger partial charge in [-0.1, -0.05) is 30.3 Å². The number of thiocarbonyl (C=S) groups is 1. The summed E-state index contributed by atoms with van der Waals surface area (Å²) in [6, 6.07) is 14.2. The third kappa shape index (κ3) is 10.2. The molecule has 0 saturated heterocycles. The van der Waals surface area contributed by atoms with E-state index in [9.17, 15) is 18.0 Å². The smallest absolute Gasteiger partial charge is 0.382 e. The van der Waals surface area contributed by atoms with E-state index >= 15 is 0 Å². The highest BCUT2D eigenvalue weighted by atomic mass is 32.1. The summed E-state index contributed by atoms with van der Waals surface area (Å²) >= 11 is 5.56. The number of benzene rings is 2. The third-order valence-corrected chi connectivity index (χ3v) is 6.80. The summed E-state index contributed by atoms with van der Waals surface area (Å²) in [4.78, 5) is 18.8. The summed E-state index contributed by atoms with van der Waals surface area (Å²) in [6.07, 6.45) is -0.494. The molecule has 12 heteroatoms. The van der Waals surface area contributed by atoms with Gasteiger partial charge in [-0.25, -0.2) is 4.98 Å². The molecule has 3 rings (SSSR count). The minimum Gasteiger partial charge on any atom is -0.382 e. The molecule has 0 aliphatic rings. The van der Waals surface area contributed by atoms with Gasteiger partial charge in [0.2, 0.25) is 5.91 Å². The van der Waals surface area contributed by atoms with E-state index in [0.717, 1.165) is 11.6 Å². The normalized spacial score (nSPS) is 11.9. The SMILES string of the molecule is CCOCCCNC(=S)N(Cc1ccccc1C(F)(F)F)C[C@H](C)NC(=O)Cc1cncn1Cc1ccc(C#N)cc1. The van der Waals surface area contributed by atoms with Gasteiger partial charge in [-0.05, 0) is 61.8 Å². The van der Waals surface area contributed by atoms with Crippen LogP contribution in [0, 0.1) is 11.3 Å². The van der Waals surface area contributed by atoms with Gasteiger partial charge in [-0.3, -0.25) is 4.79 Å². The summed E-state index contributed by atoms with van der Waals surface area (Å²) in [5, 5.41) is 15.3. The number of amides is 1. The quantitative estimate of drug-likeness (QED) is 0.205. The summed E-state index contributed by atoms with van der Waals surface area (Å²) in [5.74, 6) is -0.254. The predicted octanol–water partition coefficient (Wildman–Crippen LogP) is 4.67. The van der Waals surface area contributed by atoms with Gasteiger partial charge < -0.3 is 24.8 Å². The monoisotopic (exact) mass is 600 g/mol. The van der Waals surface area contributed by atoms with Crippen LogP contribution in [0.15, 0.2) is 61.1 Å². The number of rotatable bonds is 14. The van der Waals surface area contributed by atoms with Crippen LogP contribution in [-0.4, -0.2) is 57.8 Å². The van der Waals surface area contributed by atoms with Gasteiger partial charge in [0, 0.05) is 57.3 Å². The molecule has 1 amide bonds. The standard InChI is InChI=1S/C30H35F3N6O2S/c1-3-41-14-6-13-36-29(42)38(20-25-7-4-5-8-27(25)30(31,32)33)18-22(2)37-28(40)15-26-17-35-21-39(26)19-24-11-9-23(16-34)10-12-24/h4-5,7-12,17,21-22H,3,6,13-15,18-20H2,1-2H3,(H,36,42)(H,37,40)/t22-/m0/s1. The summed E-state index contributed by atoms with van der Waals surface area (Å²) in [7, 11) is 0. The van der Waals surface area contributed by atoms with E-state index in [-0.39, 0.29) is 31.0 Å². The van der Waals surface area contributed by atoms with Crippen LogP contribution >= 0.6 is 12.2 Å². The maximum Gasteiger partial charge on any atom is 0.416 e. The van der Waals surface area contributed by atoms with Crippen molar-refractivity contribution in [2.24, 2.45) is 0 Å². The van der Waals surface area contributed by atoms with Crippen LogP contribution in [-0.2, 0) is 35.2 Å². The molecular weight excluding hydrogens is 565 g/mol. The van der Waals surface area contributed by atoms with Crippen molar-refractivity contribution in [2.75, 3.05) is 26.3 Å². The Hall–Kier alpha value is -3.95. The van der Waals surface area contributed by atoms with Crippen molar-refractivity contribution in [2.45, 2.75) is 52.0 Å². The van der Waals surface area contributed by atoms with E-state index in [2.05, 4.69) is 21.7 Å². The molecule has 2 N–H and O–H groups in total. The van der Waals surface area contributed by atoms with Crippen LogP contribution in [0.25, 0.3) is 0 Å². The zero-order valence-corrected chi connectivity index (χ0v) is 24.5. The lowest BCUT2D eigenvalue weighted by Crippen LogP contribution is -2.48. The van der Waals surface area contributed by atoms with Crippen LogP contribution in [0.2, 0.25) is 0 Å². The van der Waals surface area contributed by atoms with Crippen LogP contribution in [0.5, 0.6) is 0 Å². The summed E-state index contributed by atoms with van der Waals surface area (Å²) in [5.41, 5.74) is 1.59. The lowest BCUT2D eigenvalue weighted by Gasteiger charge is -2.30. The molecule has 3 aromatic rings. The fourth-order valence-corrected chi connectivity index (χ4v) is 4.61. The molecule has 0 saturated carbocycles. The minimum atomic E-state index is -4.50. The van der Waals surface area contributed by atoms with E-state index in [1.54, 1.807) is 42.5 Å². The maximum atomic E-state index is 13.7. The molecule has 2 aromatic carbocycles. The zero-order valence-electron chi connectivity index (χ0n) is 23.7. The molecule has 42 heavy (non-hydrogen) atoms. The van der Waals surface area contributed by atoms with E-state index in [4.69, 9.17) is 22.2 Å². The first-order valence-electron chi connectivity index (χ1n) is 13.6. The van der Waals surface area contributed by atoms with Crippen molar-refractivity contribution < 1.29 is 22.7 Å². The molecule has 0 aliphatic heterocycles. The van der Waals surface area contributed by atoms with Crippen molar-refractivity contribution in [3.63, 3.8) is 0 Å². The average Bonchev–Trinajstić information content (AvgIpc) is 3.38.